The molecule has 0 spiro atoms. The molecule has 1 N–H and O–H groups in total. The van der Waals surface area contributed by atoms with E-state index in [1.54, 1.807) is 30.7 Å². The Morgan fingerprint density at radius 1 is 1.06 bits per heavy atom. The van der Waals surface area contributed by atoms with Gasteiger partial charge in [0.05, 0.1) is 24.2 Å². The molecule has 2 aromatic carbocycles. The molecular weight excluding hydrogens is 474 g/mol. The Hall–Kier alpha value is -4.03. The zero-order chi connectivity index (χ0) is 24.8. The van der Waals surface area contributed by atoms with Crippen molar-refractivity contribution in [1.29, 1.82) is 0 Å². The number of ether oxygens (including phenoxy) is 3. The van der Waals surface area contributed by atoms with Gasteiger partial charge >= 0.3 is 5.97 Å². The van der Waals surface area contributed by atoms with E-state index in [9.17, 15) is 13.2 Å². The fourth-order valence-corrected chi connectivity index (χ4v) is 4.20. The van der Waals surface area contributed by atoms with Crippen LogP contribution in [0.25, 0.3) is 17.0 Å². The van der Waals surface area contributed by atoms with Crippen LogP contribution >= 0.6 is 0 Å². The third kappa shape index (κ3) is 5.55. The van der Waals surface area contributed by atoms with E-state index in [1.165, 1.54) is 24.3 Å². The highest BCUT2D eigenvalue weighted by molar-refractivity contribution is 7.89. The molecule has 182 valence electrons. The van der Waals surface area contributed by atoms with Crippen LogP contribution in [-0.2, 0) is 14.8 Å². The minimum atomic E-state index is -3.78. The highest BCUT2D eigenvalue weighted by atomic mass is 32.2. The maximum absolute atomic E-state index is 12.5. The third-order valence-corrected chi connectivity index (χ3v) is 6.36. The molecule has 0 aliphatic rings. The lowest BCUT2D eigenvalue weighted by Crippen LogP contribution is -2.28. The van der Waals surface area contributed by atoms with Crippen molar-refractivity contribution in [3.8, 4) is 23.0 Å². The molecule has 0 aliphatic carbocycles. The van der Waals surface area contributed by atoms with Crippen LogP contribution in [0.1, 0.15) is 17.3 Å². The Bertz CT molecular complexity index is 1440. The number of methoxy groups -OCH3 is 1. The van der Waals surface area contributed by atoms with Crippen LogP contribution in [0, 0.1) is 0 Å². The van der Waals surface area contributed by atoms with Crippen LogP contribution in [0.2, 0.25) is 0 Å². The van der Waals surface area contributed by atoms with Gasteiger partial charge in [-0.15, -0.1) is 15.3 Å². The highest BCUT2D eigenvalue weighted by Gasteiger charge is 2.16. The molecule has 2 heterocycles. The predicted molar refractivity (Wildman–Crippen MR) is 126 cm³/mol. The van der Waals surface area contributed by atoms with Crippen molar-refractivity contribution in [2.45, 2.75) is 11.8 Å². The number of carbonyl (C=O) groups excluding carboxylic acids is 1. The fraction of sp³-hybridized carbons (Fsp3) is 0.217. The number of benzene rings is 2. The number of fused-ring (bicyclic) bond motifs is 1. The van der Waals surface area contributed by atoms with Gasteiger partial charge < -0.3 is 14.2 Å². The summed E-state index contributed by atoms with van der Waals surface area (Å²) >= 11 is 0. The number of esters is 1. The molecule has 0 aliphatic heterocycles. The van der Waals surface area contributed by atoms with E-state index in [4.69, 9.17) is 14.2 Å². The van der Waals surface area contributed by atoms with Gasteiger partial charge in [-0.05, 0) is 49.4 Å². The van der Waals surface area contributed by atoms with Crippen molar-refractivity contribution >= 4 is 21.6 Å². The second-order valence-electron chi connectivity index (χ2n) is 7.19. The number of nitrogens with one attached hydrogen (secondary N) is 1. The van der Waals surface area contributed by atoms with E-state index in [-0.39, 0.29) is 36.1 Å². The summed E-state index contributed by atoms with van der Waals surface area (Å²) in [6.07, 6.45) is 0. The van der Waals surface area contributed by atoms with Gasteiger partial charge in [0.15, 0.2) is 11.5 Å². The summed E-state index contributed by atoms with van der Waals surface area (Å²) in [6, 6.07) is 16.2. The number of aromatic nitrogens is 4. The summed E-state index contributed by atoms with van der Waals surface area (Å²) in [5.41, 5.74) is 1.57. The first-order valence-corrected chi connectivity index (χ1v) is 12.2. The van der Waals surface area contributed by atoms with Gasteiger partial charge in [0.25, 0.3) is 0 Å². The number of carbonyl (C=O) groups is 1. The lowest BCUT2D eigenvalue weighted by atomic mass is 10.2. The molecule has 4 rings (SSSR count). The first-order valence-electron chi connectivity index (χ1n) is 10.7. The van der Waals surface area contributed by atoms with Crippen LogP contribution in [0.15, 0.2) is 65.6 Å². The molecule has 0 unspecified atom stereocenters. The Labute approximate surface area is 201 Å². The van der Waals surface area contributed by atoms with Crippen LogP contribution in [-0.4, -0.2) is 61.1 Å². The van der Waals surface area contributed by atoms with Gasteiger partial charge in [-0.2, -0.15) is 4.52 Å². The predicted octanol–water partition coefficient (Wildman–Crippen LogP) is 2.33. The Kier molecular flexibility index (Phi) is 7.22. The largest absolute Gasteiger partial charge is 0.497 e. The molecule has 0 atom stereocenters. The maximum Gasteiger partial charge on any atom is 0.338 e. The summed E-state index contributed by atoms with van der Waals surface area (Å²) in [5.74, 6) is 0.954. The molecule has 0 amide bonds. The van der Waals surface area contributed by atoms with Gasteiger partial charge in [0, 0.05) is 18.2 Å². The number of nitrogens with zero attached hydrogens (tertiary/aromatic N) is 4. The maximum atomic E-state index is 12.5. The van der Waals surface area contributed by atoms with E-state index in [0.29, 0.717) is 17.2 Å². The SMILES string of the molecule is CCOC(=O)c1ccc(S(=O)(=O)NCCOc2ccc3nnc(-c4cccc(OC)c4)n3n2)cc1. The first-order chi connectivity index (χ1) is 16.9. The average Bonchev–Trinajstić information content (AvgIpc) is 3.30. The van der Waals surface area contributed by atoms with E-state index in [2.05, 4.69) is 20.0 Å². The summed E-state index contributed by atoms with van der Waals surface area (Å²) < 4.78 is 44.8. The van der Waals surface area contributed by atoms with Gasteiger partial charge in [0.1, 0.15) is 12.4 Å². The summed E-state index contributed by atoms with van der Waals surface area (Å²) in [6.45, 7) is 1.98. The van der Waals surface area contributed by atoms with Crippen molar-refractivity contribution in [2.24, 2.45) is 0 Å². The van der Waals surface area contributed by atoms with Crippen LogP contribution < -0.4 is 14.2 Å². The standard InChI is InChI=1S/C23H23N5O6S/c1-3-33-23(29)16-7-9-19(10-8-16)35(30,31)24-13-14-34-21-12-11-20-25-26-22(28(20)27-21)17-5-4-6-18(15-17)32-2/h4-12,15,24H,3,13-14H2,1-2H3. The van der Waals surface area contributed by atoms with Crippen molar-refractivity contribution in [3.05, 3.63) is 66.2 Å². The molecule has 0 saturated heterocycles. The van der Waals surface area contributed by atoms with E-state index in [1.807, 2.05) is 24.3 Å². The quantitative estimate of drug-likeness (QED) is 0.259. The number of rotatable bonds is 10. The van der Waals surface area contributed by atoms with Crippen LogP contribution in [0.3, 0.4) is 0 Å². The van der Waals surface area contributed by atoms with Gasteiger partial charge in [-0.25, -0.2) is 17.9 Å². The van der Waals surface area contributed by atoms with Crippen molar-refractivity contribution < 1.29 is 27.4 Å². The van der Waals surface area contributed by atoms with Gasteiger partial charge in [-0.3, -0.25) is 0 Å². The van der Waals surface area contributed by atoms with E-state index < -0.39 is 16.0 Å². The molecule has 0 fully saturated rings. The first kappa shape index (κ1) is 24.1. The second-order valence-corrected chi connectivity index (χ2v) is 8.96. The highest BCUT2D eigenvalue weighted by Crippen LogP contribution is 2.23. The van der Waals surface area contributed by atoms with Crippen molar-refractivity contribution in [2.75, 3.05) is 26.9 Å². The van der Waals surface area contributed by atoms with Crippen molar-refractivity contribution in [1.82, 2.24) is 24.5 Å². The number of hydrogen-bond acceptors (Lipinski definition) is 9. The van der Waals surface area contributed by atoms with E-state index >= 15 is 0 Å². The molecule has 11 nitrogen and oxygen atoms in total. The third-order valence-electron chi connectivity index (χ3n) is 4.89. The molecule has 0 bridgehead atoms. The minimum absolute atomic E-state index is 0.00655. The van der Waals surface area contributed by atoms with Crippen LogP contribution in [0.5, 0.6) is 11.6 Å². The second kappa shape index (κ2) is 10.5. The summed E-state index contributed by atoms with van der Waals surface area (Å²) in [7, 11) is -2.20. The molecule has 2 aromatic heterocycles. The van der Waals surface area contributed by atoms with Gasteiger partial charge in [0.2, 0.25) is 15.9 Å². The molecule has 35 heavy (non-hydrogen) atoms. The molecule has 12 heteroatoms. The van der Waals surface area contributed by atoms with Crippen LogP contribution in [0.4, 0.5) is 0 Å². The van der Waals surface area contributed by atoms with Crippen molar-refractivity contribution in [3.63, 3.8) is 0 Å². The fourth-order valence-electron chi connectivity index (χ4n) is 3.19. The lowest BCUT2D eigenvalue weighted by Gasteiger charge is -2.09. The summed E-state index contributed by atoms with van der Waals surface area (Å²) in [4.78, 5) is 11.7. The summed E-state index contributed by atoms with van der Waals surface area (Å²) in [5, 5.41) is 12.7. The molecule has 4 aromatic rings. The van der Waals surface area contributed by atoms with E-state index in [0.717, 1.165) is 5.56 Å². The average molecular weight is 498 g/mol. The number of hydrogen-bond donors (Lipinski definition) is 1. The normalized spacial score (nSPS) is 11.4. The zero-order valence-electron chi connectivity index (χ0n) is 19.0. The lowest BCUT2D eigenvalue weighted by molar-refractivity contribution is 0.0526. The monoisotopic (exact) mass is 497 g/mol. The Morgan fingerprint density at radius 2 is 1.86 bits per heavy atom. The molecular formula is C23H23N5O6S. The molecule has 0 radical (unpaired) electrons. The Balaban J connectivity index is 1.39. The smallest absolute Gasteiger partial charge is 0.338 e. The molecule has 0 saturated carbocycles. The zero-order valence-corrected chi connectivity index (χ0v) is 19.9. The topological polar surface area (TPSA) is 134 Å². The minimum Gasteiger partial charge on any atom is -0.497 e. The van der Waals surface area contributed by atoms with Gasteiger partial charge in [-0.1, -0.05) is 12.1 Å². The number of sulfonamides is 1. The Morgan fingerprint density at radius 3 is 2.60 bits per heavy atom.